The highest BCUT2D eigenvalue weighted by Crippen LogP contribution is 2.21. The molecule has 0 atom stereocenters. The number of amides is 2. The molecule has 0 spiro atoms. The van der Waals surface area contributed by atoms with Gasteiger partial charge in [0.25, 0.3) is 5.91 Å². The molecule has 162 valence electrons. The minimum absolute atomic E-state index is 0.0335. The summed E-state index contributed by atoms with van der Waals surface area (Å²) in [6.45, 7) is 2.86. The third kappa shape index (κ3) is 5.37. The van der Waals surface area contributed by atoms with Gasteiger partial charge in [-0.25, -0.2) is 0 Å². The number of halogens is 1. The van der Waals surface area contributed by atoms with Crippen LogP contribution in [-0.4, -0.2) is 42.9 Å². The van der Waals surface area contributed by atoms with Crippen LogP contribution in [0.4, 0.5) is 11.4 Å². The molecule has 1 aliphatic heterocycles. The van der Waals surface area contributed by atoms with Crippen molar-refractivity contribution in [1.29, 1.82) is 0 Å². The normalized spacial score (nSPS) is 13.9. The van der Waals surface area contributed by atoms with Crippen molar-refractivity contribution in [2.24, 2.45) is 0 Å². The average molecular weight is 446 g/mol. The Labute approximate surface area is 192 Å². The number of hydrogen-bond donors (Lipinski definition) is 1. The first-order valence-corrected chi connectivity index (χ1v) is 10.9. The van der Waals surface area contributed by atoms with Crippen molar-refractivity contribution < 1.29 is 9.59 Å². The van der Waals surface area contributed by atoms with Crippen molar-refractivity contribution in [2.75, 3.05) is 36.4 Å². The Balaban J connectivity index is 1.30. The van der Waals surface area contributed by atoms with Gasteiger partial charge in [0.15, 0.2) is 0 Å². The van der Waals surface area contributed by atoms with Gasteiger partial charge in [-0.15, -0.1) is 0 Å². The number of piperazine rings is 1. The molecule has 1 N–H and O–H groups in total. The van der Waals surface area contributed by atoms with E-state index in [9.17, 15) is 9.59 Å². The van der Waals surface area contributed by atoms with Gasteiger partial charge >= 0.3 is 0 Å². The van der Waals surface area contributed by atoms with Crippen LogP contribution < -0.4 is 10.2 Å². The number of nitrogens with one attached hydrogen (secondary N) is 1. The SMILES string of the molecule is O=C(Nc1ccc(N2CCN(C(=O)C=Cc3ccccc3)CC2)cc1)c1ccccc1Cl. The molecule has 3 aromatic rings. The number of rotatable bonds is 5. The van der Waals surface area contributed by atoms with Gasteiger partial charge in [-0.3, -0.25) is 9.59 Å². The minimum atomic E-state index is -0.237. The number of carbonyl (C=O) groups excluding carboxylic acids is 2. The molecular weight excluding hydrogens is 422 g/mol. The Hall–Kier alpha value is -3.57. The number of nitrogens with zero attached hydrogens (tertiary/aromatic N) is 2. The van der Waals surface area contributed by atoms with Crippen LogP contribution in [-0.2, 0) is 4.79 Å². The van der Waals surface area contributed by atoms with Crippen LogP contribution in [0.1, 0.15) is 15.9 Å². The van der Waals surface area contributed by atoms with E-state index in [4.69, 9.17) is 11.6 Å². The van der Waals surface area contributed by atoms with E-state index in [-0.39, 0.29) is 11.8 Å². The maximum absolute atomic E-state index is 12.5. The van der Waals surface area contributed by atoms with E-state index in [0.29, 0.717) is 29.4 Å². The number of anilines is 2. The van der Waals surface area contributed by atoms with Gasteiger partial charge in [0.2, 0.25) is 5.91 Å². The summed E-state index contributed by atoms with van der Waals surface area (Å²) in [4.78, 5) is 29.0. The first-order chi connectivity index (χ1) is 15.6. The minimum Gasteiger partial charge on any atom is -0.368 e. The lowest BCUT2D eigenvalue weighted by Gasteiger charge is -2.35. The number of carbonyl (C=O) groups is 2. The van der Waals surface area contributed by atoms with Gasteiger partial charge in [-0.2, -0.15) is 0 Å². The Morgan fingerprint density at radius 3 is 2.16 bits per heavy atom. The molecule has 1 fully saturated rings. The fraction of sp³-hybridized carbons (Fsp3) is 0.154. The smallest absolute Gasteiger partial charge is 0.257 e. The molecule has 1 saturated heterocycles. The highest BCUT2D eigenvalue weighted by Gasteiger charge is 2.20. The Bertz CT molecular complexity index is 1110. The van der Waals surface area contributed by atoms with Crippen LogP contribution in [0, 0.1) is 0 Å². The standard InChI is InChI=1S/C26H24ClN3O2/c27-24-9-5-4-8-23(24)26(32)28-21-11-13-22(14-12-21)29-16-18-30(19-17-29)25(31)15-10-20-6-2-1-3-7-20/h1-15H,16-19H2,(H,28,32). The van der Waals surface area contributed by atoms with Crippen LogP contribution in [0.2, 0.25) is 5.02 Å². The predicted octanol–water partition coefficient (Wildman–Crippen LogP) is 4.95. The summed E-state index contributed by atoms with van der Waals surface area (Å²) in [5.74, 6) is -0.204. The monoisotopic (exact) mass is 445 g/mol. The summed E-state index contributed by atoms with van der Waals surface area (Å²) in [5, 5.41) is 3.30. The third-order valence-electron chi connectivity index (χ3n) is 5.42. The Morgan fingerprint density at radius 2 is 1.47 bits per heavy atom. The van der Waals surface area contributed by atoms with E-state index in [1.54, 1.807) is 30.3 Å². The molecule has 4 rings (SSSR count). The van der Waals surface area contributed by atoms with Crippen molar-refractivity contribution in [1.82, 2.24) is 4.90 Å². The first-order valence-electron chi connectivity index (χ1n) is 10.5. The zero-order valence-electron chi connectivity index (χ0n) is 17.6. The molecular formula is C26H24ClN3O2. The van der Waals surface area contributed by atoms with Crippen LogP contribution in [0.15, 0.2) is 84.9 Å². The maximum atomic E-state index is 12.5. The van der Waals surface area contributed by atoms with Crippen LogP contribution in [0.5, 0.6) is 0 Å². The maximum Gasteiger partial charge on any atom is 0.257 e. The van der Waals surface area contributed by atoms with E-state index < -0.39 is 0 Å². The molecule has 0 aromatic heterocycles. The fourth-order valence-electron chi connectivity index (χ4n) is 3.62. The fourth-order valence-corrected chi connectivity index (χ4v) is 3.84. The highest BCUT2D eigenvalue weighted by atomic mass is 35.5. The number of benzene rings is 3. The zero-order valence-corrected chi connectivity index (χ0v) is 18.3. The summed E-state index contributed by atoms with van der Waals surface area (Å²) in [6, 6.07) is 24.5. The lowest BCUT2D eigenvalue weighted by Crippen LogP contribution is -2.48. The van der Waals surface area contributed by atoms with E-state index in [1.807, 2.05) is 65.6 Å². The van der Waals surface area contributed by atoms with Crippen molar-refractivity contribution in [3.63, 3.8) is 0 Å². The molecule has 32 heavy (non-hydrogen) atoms. The quantitative estimate of drug-likeness (QED) is 0.565. The third-order valence-corrected chi connectivity index (χ3v) is 5.75. The summed E-state index contributed by atoms with van der Waals surface area (Å²) in [6.07, 6.45) is 3.49. The van der Waals surface area contributed by atoms with Crippen LogP contribution in [0.3, 0.4) is 0 Å². The second kappa shape index (κ2) is 10.2. The first kappa shape index (κ1) is 21.7. The van der Waals surface area contributed by atoms with E-state index in [0.717, 1.165) is 24.3 Å². The molecule has 3 aromatic carbocycles. The second-order valence-corrected chi connectivity index (χ2v) is 7.94. The van der Waals surface area contributed by atoms with Gasteiger partial charge < -0.3 is 15.1 Å². The molecule has 5 nitrogen and oxygen atoms in total. The molecule has 0 saturated carbocycles. The molecule has 1 aliphatic rings. The van der Waals surface area contributed by atoms with Gasteiger partial charge in [0.05, 0.1) is 10.6 Å². The summed E-state index contributed by atoms with van der Waals surface area (Å²) in [5.41, 5.74) is 3.23. The molecule has 0 bridgehead atoms. The van der Waals surface area contributed by atoms with E-state index >= 15 is 0 Å². The molecule has 1 heterocycles. The van der Waals surface area contributed by atoms with Gasteiger partial charge in [-0.05, 0) is 48.0 Å². The van der Waals surface area contributed by atoms with Gasteiger partial charge in [0, 0.05) is 43.6 Å². The van der Waals surface area contributed by atoms with Crippen LogP contribution >= 0.6 is 11.6 Å². The van der Waals surface area contributed by atoms with E-state index in [2.05, 4.69) is 10.2 Å². The van der Waals surface area contributed by atoms with Gasteiger partial charge in [0.1, 0.15) is 0 Å². The molecule has 0 unspecified atom stereocenters. The summed E-state index contributed by atoms with van der Waals surface area (Å²) < 4.78 is 0. The number of hydrogen-bond acceptors (Lipinski definition) is 3. The highest BCUT2D eigenvalue weighted by molar-refractivity contribution is 6.34. The van der Waals surface area contributed by atoms with Crippen molar-refractivity contribution in [3.8, 4) is 0 Å². The van der Waals surface area contributed by atoms with Crippen molar-refractivity contribution >= 4 is 40.9 Å². The lowest BCUT2D eigenvalue weighted by atomic mass is 10.2. The lowest BCUT2D eigenvalue weighted by molar-refractivity contribution is -0.126. The largest absolute Gasteiger partial charge is 0.368 e. The van der Waals surface area contributed by atoms with Crippen molar-refractivity contribution in [3.05, 3.63) is 101 Å². The Kier molecular flexibility index (Phi) is 6.87. The topological polar surface area (TPSA) is 52.7 Å². The summed E-state index contributed by atoms with van der Waals surface area (Å²) in [7, 11) is 0. The summed E-state index contributed by atoms with van der Waals surface area (Å²) >= 11 is 6.10. The molecule has 2 amide bonds. The Morgan fingerprint density at radius 1 is 0.812 bits per heavy atom. The zero-order chi connectivity index (χ0) is 22.3. The van der Waals surface area contributed by atoms with E-state index in [1.165, 1.54) is 0 Å². The predicted molar refractivity (Wildman–Crippen MR) is 130 cm³/mol. The van der Waals surface area contributed by atoms with Crippen LogP contribution in [0.25, 0.3) is 6.08 Å². The molecule has 6 heteroatoms. The molecule has 0 radical (unpaired) electrons. The second-order valence-electron chi connectivity index (χ2n) is 7.54. The van der Waals surface area contributed by atoms with Gasteiger partial charge in [-0.1, -0.05) is 54.1 Å². The average Bonchev–Trinajstić information content (AvgIpc) is 2.84. The van der Waals surface area contributed by atoms with Crippen molar-refractivity contribution in [2.45, 2.75) is 0 Å². The molecule has 0 aliphatic carbocycles.